The number of aliphatic hydroxyl groups excluding tert-OH is 1. The van der Waals surface area contributed by atoms with E-state index in [-0.39, 0.29) is 18.1 Å². The Kier molecular flexibility index (Phi) is 4.98. The van der Waals surface area contributed by atoms with Gasteiger partial charge in [0.2, 0.25) is 6.79 Å². The number of carbonyl (C=O) groups is 2. The molecular weight excluding hydrogens is 426 g/mol. The van der Waals surface area contributed by atoms with Gasteiger partial charge >= 0.3 is 0 Å². The van der Waals surface area contributed by atoms with Gasteiger partial charge in [0.25, 0.3) is 11.7 Å². The minimum absolute atomic E-state index is 0.0595. The molecule has 162 valence electrons. The molecule has 3 heterocycles. The number of anilines is 1. The van der Waals surface area contributed by atoms with E-state index in [0.717, 1.165) is 10.4 Å². The predicted octanol–water partition coefficient (Wildman–Crippen LogP) is 5.23. The van der Waals surface area contributed by atoms with Crippen molar-refractivity contribution in [1.29, 1.82) is 0 Å². The van der Waals surface area contributed by atoms with Crippen LogP contribution in [0.4, 0.5) is 5.69 Å². The normalized spacial score (nSPS) is 19.2. The zero-order valence-electron chi connectivity index (χ0n) is 17.6. The number of fused-ring (bicyclic) bond motifs is 1. The molecule has 1 aromatic heterocycles. The quantitative estimate of drug-likeness (QED) is 0.337. The van der Waals surface area contributed by atoms with Crippen molar-refractivity contribution in [3.05, 3.63) is 81.6 Å². The molecular formula is C25H21NO5S. The molecule has 2 aromatic carbocycles. The van der Waals surface area contributed by atoms with Crippen LogP contribution >= 0.6 is 11.3 Å². The van der Waals surface area contributed by atoms with Crippen molar-refractivity contribution in [1.82, 2.24) is 0 Å². The number of amides is 1. The third-order valence-corrected chi connectivity index (χ3v) is 6.67. The molecule has 1 N–H and O–H groups in total. The molecule has 1 atom stereocenters. The lowest BCUT2D eigenvalue weighted by atomic mass is 9.99. The van der Waals surface area contributed by atoms with Crippen LogP contribution in [0, 0.1) is 0 Å². The first-order valence-electron chi connectivity index (χ1n) is 10.3. The summed E-state index contributed by atoms with van der Waals surface area (Å²) in [4.78, 5) is 28.6. The number of hydrogen-bond acceptors (Lipinski definition) is 6. The molecule has 3 aromatic rings. The first-order valence-corrected chi connectivity index (χ1v) is 11.2. The molecule has 32 heavy (non-hydrogen) atoms. The number of hydrogen-bond donors (Lipinski definition) is 1. The first-order chi connectivity index (χ1) is 15.5. The van der Waals surface area contributed by atoms with Crippen LogP contribution < -0.4 is 14.4 Å². The summed E-state index contributed by atoms with van der Waals surface area (Å²) in [6.45, 7) is 4.29. The summed E-state index contributed by atoms with van der Waals surface area (Å²) in [6.07, 6.45) is 0. The molecule has 0 aliphatic carbocycles. The number of rotatable bonds is 4. The highest BCUT2D eigenvalue weighted by molar-refractivity contribution is 7.10. The van der Waals surface area contributed by atoms with E-state index in [0.29, 0.717) is 28.7 Å². The molecule has 5 rings (SSSR count). The molecule has 1 saturated heterocycles. The van der Waals surface area contributed by atoms with Crippen molar-refractivity contribution in [3.63, 3.8) is 0 Å². The van der Waals surface area contributed by atoms with E-state index in [9.17, 15) is 14.7 Å². The van der Waals surface area contributed by atoms with Crippen LogP contribution in [0.3, 0.4) is 0 Å². The van der Waals surface area contributed by atoms with Gasteiger partial charge in [0.15, 0.2) is 11.5 Å². The number of carbonyl (C=O) groups excluding carboxylic acids is 2. The van der Waals surface area contributed by atoms with E-state index >= 15 is 0 Å². The Morgan fingerprint density at radius 3 is 2.50 bits per heavy atom. The van der Waals surface area contributed by atoms with Crippen molar-refractivity contribution in [2.24, 2.45) is 0 Å². The minimum atomic E-state index is -0.717. The second-order valence-corrected chi connectivity index (χ2v) is 8.98. The fourth-order valence-corrected chi connectivity index (χ4v) is 4.86. The molecule has 0 radical (unpaired) electrons. The smallest absolute Gasteiger partial charge is 0.300 e. The molecule has 1 amide bonds. The zero-order valence-corrected chi connectivity index (χ0v) is 18.4. The van der Waals surface area contributed by atoms with Gasteiger partial charge in [-0.1, -0.05) is 32.0 Å². The molecule has 7 heteroatoms. The highest BCUT2D eigenvalue weighted by Gasteiger charge is 2.47. The third kappa shape index (κ3) is 3.26. The van der Waals surface area contributed by atoms with Crippen molar-refractivity contribution in [3.8, 4) is 11.5 Å². The molecule has 0 bridgehead atoms. The van der Waals surface area contributed by atoms with Crippen LogP contribution in [-0.2, 0) is 9.59 Å². The summed E-state index contributed by atoms with van der Waals surface area (Å²) >= 11 is 1.43. The van der Waals surface area contributed by atoms with E-state index in [2.05, 4.69) is 13.8 Å². The van der Waals surface area contributed by atoms with Gasteiger partial charge in [0, 0.05) is 16.1 Å². The molecule has 1 unspecified atom stereocenters. The van der Waals surface area contributed by atoms with Gasteiger partial charge < -0.3 is 14.6 Å². The fraction of sp³-hybridized carbons (Fsp3) is 0.200. The standard InChI is InChI=1S/C25H21NO5S/c1-14(2)15-5-8-17(9-6-15)26-22(20-4-3-11-32-20)21(24(28)25(26)29)23(27)16-7-10-18-19(12-16)31-13-30-18/h3-12,14,22,27H,13H2,1-2H3/b23-21-. The van der Waals surface area contributed by atoms with Crippen LogP contribution in [0.5, 0.6) is 11.5 Å². The fourth-order valence-electron chi connectivity index (χ4n) is 4.03. The lowest BCUT2D eigenvalue weighted by molar-refractivity contribution is -0.132. The van der Waals surface area contributed by atoms with Crippen LogP contribution in [0.25, 0.3) is 5.76 Å². The Bertz CT molecular complexity index is 1230. The van der Waals surface area contributed by atoms with Crippen molar-refractivity contribution in [2.45, 2.75) is 25.8 Å². The minimum Gasteiger partial charge on any atom is -0.507 e. The van der Waals surface area contributed by atoms with E-state index in [4.69, 9.17) is 9.47 Å². The number of thiophene rings is 1. The summed E-state index contributed by atoms with van der Waals surface area (Å²) < 4.78 is 10.7. The lowest BCUT2D eigenvalue weighted by Gasteiger charge is -2.24. The molecule has 0 spiro atoms. The maximum atomic E-state index is 13.2. The van der Waals surface area contributed by atoms with E-state index < -0.39 is 17.7 Å². The monoisotopic (exact) mass is 447 g/mol. The Morgan fingerprint density at radius 1 is 1.06 bits per heavy atom. The van der Waals surface area contributed by atoms with Gasteiger partial charge in [-0.2, -0.15) is 0 Å². The van der Waals surface area contributed by atoms with Gasteiger partial charge in [-0.15, -0.1) is 11.3 Å². The van der Waals surface area contributed by atoms with Crippen LogP contribution in [-0.4, -0.2) is 23.6 Å². The second kappa shape index (κ2) is 7.84. The van der Waals surface area contributed by atoms with E-state index in [1.54, 1.807) is 18.2 Å². The summed E-state index contributed by atoms with van der Waals surface area (Å²) in [7, 11) is 0. The summed E-state index contributed by atoms with van der Waals surface area (Å²) in [5.74, 6) is -0.211. The molecule has 2 aliphatic heterocycles. The summed E-state index contributed by atoms with van der Waals surface area (Å²) in [5.41, 5.74) is 2.20. The zero-order chi connectivity index (χ0) is 22.4. The highest BCUT2D eigenvalue weighted by atomic mass is 32.1. The number of Topliss-reactive ketones (excluding diaryl/α,β-unsaturated/α-hetero) is 1. The maximum absolute atomic E-state index is 13.2. The van der Waals surface area contributed by atoms with Crippen molar-refractivity contribution >= 4 is 34.5 Å². The van der Waals surface area contributed by atoms with E-state index in [1.807, 2.05) is 41.8 Å². The van der Waals surface area contributed by atoms with Gasteiger partial charge in [0.05, 0.1) is 5.57 Å². The number of ketones is 1. The SMILES string of the molecule is CC(C)c1ccc(N2C(=O)C(=O)/C(=C(\O)c3ccc4c(c3)OCO4)C2c2cccs2)cc1. The average Bonchev–Trinajstić information content (AvgIpc) is 3.53. The Balaban J connectivity index is 1.64. The van der Waals surface area contributed by atoms with Crippen LogP contribution in [0.15, 0.2) is 65.6 Å². The van der Waals surface area contributed by atoms with Gasteiger partial charge in [0.1, 0.15) is 11.8 Å². The van der Waals surface area contributed by atoms with Crippen LogP contribution in [0.1, 0.15) is 41.8 Å². The molecule has 2 aliphatic rings. The topological polar surface area (TPSA) is 76.1 Å². The molecule has 1 fully saturated rings. The predicted molar refractivity (Wildman–Crippen MR) is 122 cm³/mol. The largest absolute Gasteiger partial charge is 0.507 e. The second-order valence-electron chi connectivity index (χ2n) is 8.00. The van der Waals surface area contributed by atoms with Crippen molar-refractivity contribution < 1.29 is 24.2 Å². The number of ether oxygens (including phenoxy) is 2. The number of aliphatic hydroxyl groups is 1. The highest BCUT2D eigenvalue weighted by Crippen LogP contribution is 2.44. The maximum Gasteiger partial charge on any atom is 0.300 e. The first kappa shape index (κ1) is 20.3. The third-order valence-electron chi connectivity index (χ3n) is 5.74. The van der Waals surface area contributed by atoms with Crippen molar-refractivity contribution in [2.75, 3.05) is 11.7 Å². The van der Waals surface area contributed by atoms with Gasteiger partial charge in [-0.3, -0.25) is 14.5 Å². The van der Waals surface area contributed by atoms with Crippen LogP contribution in [0.2, 0.25) is 0 Å². The molecule has 0 saturated carbocycles. The Labute approximate surface area is 189 Å². The Hall–Kier alpha value is -3.58. The molecule has 6 nitrogen and oxygen atoms in total. The van der Waals surface area contributed by atoms with Gasteiger partial charge in [-0.25, -0.2) is 0 Å². The van der Waals surface area contributed by atoms with Gasteiger partial charge in [-0.05, 0) is 53.3 Å². The lowest BCUT2D eigenvalue weighted by Crippen LogP contribution is -2.29. The average molecular weight is 448 g/mol. The van der Waals surface area contributed by atoms with E-state index in [1.165, 1.54) is 16.2 Å². The Morgan fingerprint density at radius 2 is 1.81 bits per heavy atom. The number of benzene rings is 2. The number of nitrogens with zero attached hydrogens (tertiary/aromatic N) is 1. The summed E-state index contributed by atoms with van der Waals surface area (Å²) in [5, 5.41) is 13.1. The summed E-state index contributed by atoms with van der Waals surface area (Å²) in [6, 6.07) is 15.6.